The fourth-order valence-electron chi connectivity index (χ4n) is 2.40. The summed E-state index contributed by atoms with van der Waals surface area (Å²) in [5.74, 6) is -0.124. The fraction of sp³-hybridized carbons (Fsp3) is 0.812. The molecule has 1 aliphatic heterocycles. The minimum atomic E-state index is -0.269. The summed E-state index contributed by atoms with van der Waals surface area (Å²) in [6, 6.07) is 0. The first-order chi connectivity index (χ1) is 9.62. The summed E-state index contributed by atoms with van der Waals surface area (Å²) in [7, 11) is 0. The Balaban J connectivity index is 2.43. The van der Waals surface area contributed by atoms with Crippen molar-refractivity contribution >= 4 is 17.7 Å². The van der Waals surface area contributed by atoms with Gasteiger partial charge in [-0.05, 0) is 17.8 Å². The molecule has 0 bridgehead atoms. The van der Waals surface area contributed by atoms with Gasteiger partial charge in [0.2, 0.25) is 17.7 Å². The van der Waals surface area contributed by atoms with Crippen LogP contribution >= 0.6 is 0 Å². The second kappa shape index (κ2) is 7.05. The molecule has 1 N–H and O–H groups in total. The number of imide groups is 1. The zero-order chi connectivity index (χ0) is 16.2. The molecule has 1 heterocycles. The van der Waals surface area contributed by atoms with Crippen molar-refractivity contribution in [2.45, 2.75) is 53.9 Å². The summed E-state index contributed by atoms with van der Waals surface area (Å²) in [5, 5.41) is 2.82. The van der Waals surface area contributed by atoms with Gasteiger partial charge in [-0.2, -0.15) is 0 Å². The normalized spacial score (nSPS) is 19.5. The third kappa shape index (κ3) is 5.14. The Hall–Kier alpha value is -1.39. The van der Waals surface area contributed by atoms with E-state index in [1.807, 2.05) is 20.8 Å². The van der Waals surface area contributed by atoms with Crippen molar-refractivity contribution < 1.29 is 14.4 Å². The van der Waals surface area contributed by atoms with Crippen LogP contribution in [0.4, 0.5) is 0 Å². The predicted octanol–water partition coefficient (Wildman–Crippen LogP) is 1.96. The maximum absolute atomic E-state index is 12.3. The van der Waals surface area contributed by atoms with Crippen LogP contribution in [-0.4, -0.2) is 35.7 Å². The van der Waals surface area contributed by atoms with E-state index in [1.54, 1.807) is 0 Å². The van der Waals surface area contributed by atoms with Gasteiger partial charge in [-0.25, -0.2) is 0 Å². The maximum atomic E-state index is 12.3. The third-order valence-corrected chi connectivity index (χ3v) is 3.90. The molecule has 1 unspecified atom stereocenters. The van der Waals surface area contributed by atoms with Gasteiger partial charge >= 0.3 is 0 Å². The lowest BCUT2D eigenvalue weighted by atomic mass is 9.80. The van der Waals surface area contributed by atoms with Gasteiger partial charge in [0.15, 0.2) is 0 Å². The number of carbonyl (C=O) groups is 3. The van der Waals surface area contributed by atoms with Crippen LogP contribution < -0.4 is 5.32 Å². The van der Waals surface area contributed by atoms with Gasteiger partial charge in [-0.15, -0.1) is 0 Å². The van der Waals surface area contributed by atoms with Crippen molar-refractivity contribution in [1.29, 1.82) is 0 Å². The highest BCUT2D eigenvalue weighted by Gasteiger charge is 2.44. The Morgan fingerprint density at radius 1 is 1.33 bits per heavy atom. The molecule has 0 saturated carbocycles. The van der Waals surface area contributed by atoms with E-state index in [4.69, 9.17) is 0 Å². The fourth-order valence-corrected chi connectivity index (χ4v) is 2.40. The molecule has 1 aliphatic rings. The SMILES string of the molecule is CC(C)CCNC(=O)CCN1C(=O)CC(C(C)(C)C)C1=O. The van der Waals surface area contributed by atoms with Gasteiger partial charge in [0.05, 0.1) is 5.92 Å². The Morgan fingerprint density at radius 2 is 1.95 bits per heavy atom. The van der Waals surface area contributed by atoms with Crippen LogP contribution in [0, 0.1) is 17.3 Å². The number of carbonyl (C=O) groups excluding carboxylic acids is 3. The van der Waals surface area contributed by atoms with Gasteiger partial charge in [0.25, 0.3) is 0 Å². The first-order valence-electron chi connectivity index (χ1n) is 7.74. The van der Waals surface area contributed by atoms with E-state index >= 15 is 0 Å². The molecule has 0 aromatic carbocycles. The van der Waals surface area contributed by atoms with Gasteiger partial charge in [0.1, 0.15) is 0 Å². The van der Waals surface area contributed by atoms with E-state index in [9.17, 15) is 14.4 Å². The number of hydrogen-bond donors (Lipinski definition) is 1. The van der Waals surface area contributed by atoms with Gasteiger partial charge in [0, 0.05) is 25.9 Å². The minimum absolute atomic E-state index is 0.101. The predicted molar refractivity (Wildman–Crippen MR) is 81.4 cm³/mol. The number of hydrogen-bond acceptors (Lipinski definition) is 3. The molecule has 5 nitrogen and oxygen atoms in total. The van der Waals surface area contributed by atoms with Crippen molar-refractivity contribution in [3.05, 3.63) is 0 Å². The molecule has 0 aliphatic carbocycles. The van der Waals surface area contributed by atoms with E-state index < -0.39 is 0 Å². The molecular weight excluding hydrogens is 268 g/mol. The molecule has 0 aromatic rings. The van der Waals surface area contributed by atoms with Crippen LogP contribution in [0.5, 0.6) is 0 Å². The average molecular weight is 296 g/mol. The van der Waals surface area contributed by atoms with Crippen LogP contribution in [-0.2, 0) is 14.4 Å². The first-order valence-corrected chi connectivity index (χ1v) is 7.74. The zero-order valence-corrected chi connectivity index (χ0v) is 13.9. The molecule has 5 heteroatoms. The highest BCUT2D eigenvalue weighted by molar-refractivity contribution is 6.04. The van der Waals surface area contributed by atoms with E-state index in [-0.39, 0.29) is 48.4 Å². The topological polar surface area (TPSA) is 66.5 Å². The van der Waals surface area contributed by atoms with Crippen molar-refractivity contribution in [2.24, 2.45) is 17.3 Å². The van der Waals surface area contributed by atoms with Crippen LogP contribution in [0.1, 0.15) is 53.9 Å². The Bertz CT molecular complexity index is 410. The largest absolute Gasteiger partial charge is 0.356 e. The lowest BCUT2D eigenvalue weighted by molar-refractivity contribution is -0.140. The molecule has 0 radical (unpaired) electrons. The molecule has 0 aromatic heterocycles. The second-order valence-electron chi connectivity index (χ2n) is 7.29. The van der Waals surface area contributed by atoms with Gasteiger partial charge in [-0.3, -0.25) is 19.3 Å². The Labute approximate surface area is 127 Å². The van der Waals surface area contributed by atoms with Crippen LogP contribution in [0.25, 0.3) is 0 Å². The first kappa shape index (κ1) is 17.7. The Morgan fingerprint density at radius 3 is 2.43 bits per heavy atom. The van der Waals surface area contributed by atoms with Gasteiger partial charge < -0.3 is 5.32 Å². The van der Waals surface area contributed by atoms with E-state index in [0.29, 0.717) is 12.5 Å². The lowest BCUT2D eigenvalue weighted by Crippen LogP contribution is -2.37. The van der Waals surface area contributed by atoms with Crippen LogP contribution in [0.3, 0.4) is 0 Å². The molecule has 3 amide bonds. The highest BCUT2D eigenvalue weighted by atomic mass is 16.2. The summed E-state index contributed by atoms with van der Waals surface area (Å²) in [6.45, 7) is 10.9. The maximum Gasteiger partial charge on any atom is 0.233 e. The molecule has 120 valence electrons. The highest BCUT2D eigenvalue weighted by Crippen LogP contribution is 2.35. The smallest absolute Gasteiger partial charge is 0.233 e. The van der Waals surface area contributed by atoms with Gasteiger partial charge in [-0.1, -0.05) is 34.6 Å². The lowest BCUT2D eigenvalue weighted by Gasteiger charge is -2.24. The summed E-state index contributed by atoms with van der Waals surface area (Å²) < 4.78 is 0. The van der Waals surface area contributed by atoms with Crippen molar-refractivity contribution in [3.63, 3.8) is 0 Å². The molecule has 1 rings (SSSR count). The number of likely N-dealkylation sites (tertiary alicyclic amines) is 1. The van der Waals surface area contributed by atoms with Crippen molar-refractivity contribution in [1.82, 2.24) is 10.2 Å². The van der Waals surface area contributed by atoms with Crippen molar-refractivity contribution in [3.8, 4) is 0 Å². The Kier molecular flexibility index (Phi) is 5.93. The molecule has 1 fully saturated rings. The molecule has 0 spiro atoms. The summed E-state index contributed by atoms with van der Waals surface area (Å²) >= 11 is 0. The average Bonchev–Trinajstić information content (AvgIpc) is 2.62. The summed E-state index contributed by atoms with van der Waals surface area (Å²) in [5.41, 5.74) is -0.221. The minimum Gasteiger partial charge on any atom is -0.356 e. The van der Waals surface area contributed by atoms with E-state index in [2.05, 4.69) is 19.2 Å². The second-order valence-corrected chi connectivity index (χ2v) is 7.29. The molecule has 21 heavy (non-hydrogen) atoms. The number of rotatable bonds is 6. The summed E-state index contributed by atoms with van der Waals surface area (Å²) in [4.78, 5) is 37.1. The molecule has 1 saturated heterocycles. The van der Waals surface area contributed by atoms with E-state index in [0.717, 1.165) is 6.42 Å². The number of amides is 3. The number of nitrogens with zero attached hydrogens (tertiary/aromatic N) is 1. The molecule has 1 atom stereocenters. The standard InChI is InChI=1S/C16H28N2O3/c1-11(2)6-8-17-13(19)7-9-18-14(20)10-12(15(18)21)16(3,4)5/h11-12H,6-10H2,1-5H3,(H,17,19). The summed E-state index contributed by atoms with van der Waals surface area (Å²) in [6.07, 6.45) is 1.38. The van der Waals surface area contributed by atoms with Crippen LogP contribution in [0.15, 0.2) is 0 Å². The van der Waals surface area contributed by atoms with Crippen molar-refractivity contribution in [2.75, 3.05) is 13.1 Å². The zero-order valence-electron chi connectivity index (χ0n) is 13.9. The monoisotopic (exact) mass is 296 g/mol. The quantitative estimate of drug-likeness (QED) is 0.762. The van der Waals surface area contributed by atoms with E-state index in [1.165, 1.54) is 4.90 Å². The van der Waals surface area contributed by atoms with Crippen LogP contribution in [0.2, 0.25) is 0 Å². The molecular formula is C16H28N2O3. The number of nitrogens with one attached hydrogen (secondary N) is 1. The third-order valence-electron chi connectivity index (χ3n) is 3.90.